The molecule has 0 amide bonds. The van der Waals surface area contributed by atoms with Crippen LogP contribution in [0, 0.1) is 29.2 Å². The largest absolute Gasteiger partial charge is 0.373 e. The lowest BCUT2D eigenvalue weighted by molar-refractivity contribution is -0.0240. The van der Waals surface area contributed by atoms with E-state index < -0.39 is 23.3 Å². The number of benzene rings is 3. The summed E-state index contributed by atoms with van der Waals surface area (Å²) in [6.07, 6.45) is 2.79. The van der Waals surface area contributed by atoms with E-state index >= 15 is 0 Å². The molecule has 0 bridgehead atoms. The van der Waals surface area contributed by atoms with Crippen LogP contribution >= 0.6 is 0 Å². The molecule has 0 aliphatic carbocycles. The molecule has 2 nitrogen and oxygen atoms in total. The topological polar surface area (TPSA) is 35.2 Å². The Bertz CT molecular complexity index is 1070. The molecule has 1 aliphatic heterocycles. The number of hydrogen-bond acceptors (Lipinski definition) is 2. The second kappa shape index (κ2) is 9.43. The Morgan fingerprint density at radius 1 is 0.812 bits per heavy atom. The molecule has 1 fully saturated rings. The van der Waals surface area contributed by atoms with Gasteiger partial charge in [-0.25, -0.2) is 17.6 Å². The van der Waals surface area contributed by atoms with E-state index in [0.717, 1.165) is 43.0 Å². The fourth-order valence-electron chi connectivity index (χ4n) is 4.26. The number of rotatable bonds is 5. The molecule has 0 aromatic heterocycles. The zero-order valence-corrected chi connectivity index (χ0v) is 17.8. The monoisotopic (exact) mass is 443 g/mol. The van der Waals surface area contributed by atoms with E-state index in [9.17, 15) is 17.6 Å². The standard InChI is InChI=1S/C26H25F4NO/c1-2-24(31)18-8-10-25(32-14-18)16-5-3-15(4-6-16)19-12-22(29)26(23(30)13-19)17-7-9-20(27)21(28)11-17/h3-7,9,11-13,18,24-25H,2,8,10,14,31H2,1H3. The maximum absolute atomic E-state index is 14.7. The first-order valence-electron chi connectivity index (χ1n) is 10.8. The summed E-state index contributed by atoms with van der Waals surface area (Å²) in [6, 6.07) is 12.7. The molecule has 3 aromatic carbocycles. The first-order valence-corrected chi connectivity index (χ1v) is 10.8. The SMILES string of the molecule is CCC(N)C1CCC(c2ccc(-c3cc(F)c(-c4ccc(F)c(F)c4)c(F)c3)cc2)OC1. The van der Waals surface area contributed by atoms with Crippen molar-refractivity contribution in [2.75, 3.05) is 6.61 Å². The lowest BCUT2D eigenvalue weighted by atomic mass is 9.88. The highest BCUT2D eigenvalue weighted by atomic mass is 19.2. The first kappa shape index (κ1) is 22.5. The third-order valence-electron chi connectivity index (χ3n) is 6.25. The molecule has 168 valence electrons. The van der Waals surface area contributed by atoms with Crippen molar-refractivity contribution in [3.05, 3.63) is 83.4 Å². The van der Waals surface area contributed by atoms with Gasteiger partial charge in [0.1, 0.15) is 11.6 Å². The van der Waals surface area contributed by atoms with Gasteiger partial charge in [0.2, 0.25) is 0 Å². The van der Waals surface area contributed by atoms with Crippen molar-refractivity contribution in [1.29, 1.82) is 0 Å². The van der Waals surface area contributed by atoms with E-state index in [-0.39, 0.29) is 23.3 Å². The van der Waals surface area contributed by atoms with Gasteiger partial charge in [0.25, 0.3) is 0 Å². The summed E-state index contributed by atoms with van der Waals surface area (Å²) in [5.41, 5.74) is 7.69. The highest BCUT2D eigenvalue weighted by molar-refractivity contribution is 5.72. The second-order valence-electron chi connectivity index (χ2n) is 8.30. The van der Waals surface area contributed by atoms with Gasteiger partial charge >= 0.3 is 0 Å². The molecular formula is C26H25F4NO. The third-order valence-corrected chi connectivity index (χ3v) is 6.25. The van der Waals surface area contributed by atoms with Crippen molar-refractivity contribution in [2.24, 2.45) is 11.7 Å². The van der Waals surface area contributed by atoms with Crippen molar-refractivity contribution in [3.8, 4) is 22.3 Å². The predicted molar refractivity (Wildman–Crippen MR) is 117 cm³/mol. The Morgan fingerprint density at radius 2 is 1.44 bits per heavy atom. The molecule has 3 atom stereocenters. The van der Waals surface area contributed by atoms with E-state index in [1.165, 1.54) is 12.1 Å². The van der Waals surface area contributed by atoms with Gasteiger partial charge in [-0.3, -0.25) is 0 Å². The number of hydrogen-bond donors (Lipinski definition) is 1. The van der Waals surface area contributed by atoms with Gasteiger partial charge in [0, 0.05) is 6.04 Å². The van der Waals surface area contributed by atoms with Crippen molar-refractivity contribution >= 4 is 0 Å². The minimum absolute atomic E-state index is 0.0198. The van der Waals surface area contributed by atoms with Crippen LogP contribution in [0.3, 0.4) is 0 Å². The molecule has 1 aliphatic rings. The predicted octanol–water partition coefficient (Wildman–Crippen LogP) is 6.78. The molecule has 3 unspecified atom stereocenters. The Hall–Kier alpha value is -2.70. The molecule has 0 saturated carbocycles. The number of nitrogens with two attached hydrogens (primary N) is 1. The Labute approximate surface area is 185 Å². The summed E-state index contributed by atoms with van der Waals surface area (Å²) in [5.74, 6) is -3.55. The molecular weight excluding hydrogens is 418 g/mol. The van der Waals surface area contributed by atoms with Gasteiger partial charge in [0.05, 0.1) is 18.3 Å². The van der Waals surface area contributed by atoms with Crippen LogP contribution in [-0.2, 0) is 4.74 Å². The molecule has 3 aromatic rings. The number of halogens is 4. The summed E-state index contributed by atoms with van der Waals surface area (Å²) in [7, 11) is 0. The van der Waals surface area contributed by atoms with E-state index in [0.29, 0.717) is 23.7 Å². The minimum Gasteiger partial charge on any atom is -0.373 e. The van der Waals surface area contributed by atoms with Gasteiger partial charge < -0.3 is 10.5 Å². The second-order valence-corrected chi connectivity index (χ2v) is 8.30. The molecule has 1 heterocycles. The zero-order valence-electron chi connectivity index (χ0n) is 17.8. The molecule has 6 heteroatoms. The molecule has 32 heavy (non-hydrogen) atoms. The van der Waals surface area contributed by atoms with Crippen LogP contribution in [0.4, 0.5) is 17.6 Å². The fourth-order valence-corrected chi connectivity index (χ4v) is 4.26. The van der Waals surface area contributed by atoms with E-state index in [1.54, 1.807) is 12.1 Å². The third kappa shape index (κ3) is 4.57. The van der Waals surface area contributed by atoms with Crippen molar-refractivity contribution in [1.82, 2.24) is 0 Å². The normalized spacial score (nSPS) is 19.7. The Morgan fingerprint density at radius 3 is 2.00 bits per heavy atom. The van der Waals surface area contributed by atoms with Gasteiger partial charge in [-0.15, -0.1) is 0 Å². The highest BCUT2D eigenvalue weighted by Gasteiger charge is 2.26. The van der Waals surface area contributed by atoms with Crippen LogP contribution in [-0.4, -0.2) is 12.6 Å². The molecule has 4 rings (SSSR count). The van der Waals surface area contributed by atoms with Crippen LogP contribution in [0.5, 0.6) is 0 Å². The Kier molecular flexibility index (Phi) is 6.63. The molecule has 2 N–H and O–H groups in total. The quantitative estimate of drug-likeness (QED) is 0.441. The molecule has 0 radical (unpaired) electrons. The summed E-state index contributed by atoms with van der Waals surface area (Å²) in [6.45, 7) is 2.70. The maximum atomic E-state index is 14.7. The van der Waals surface area contributed by atoms with Crippen LogP contribution in [0.1, 0.15) is 37.9 Å². The van der Waals surface area contributed by atoms with Crippen LogP contribution in [0.15, 0.2) is 54.6 Å². The molecule has 0 spiro atoms. The summed E-state index contributed by atoms with van der Waals surface area (Å²) < 4.78 is 62.1. The average molecular weight is 443 g/mol. The first-order chi connectivity index (χ1) is 15.4. The van der Waals surface area contributed by atoms with E-state index in [1.807, 2.05) is 12.1 Å². The lowest BCUT2D eigenvalue weighted by Crippen LogP contribution is -2.35. The van der Waals surface area contributed by atoms with Gasteiger partial charge in [-0.2, -0.15) is 0 Å². The lowest BCUT2D eigenvalue weighted by Gasteiger charge is -2.32. The van der Waals surface area contributed by atoms with Gasteiger partial charge in [-0.05, 0) is 71.7 Å². The fraction of sp³-hybridized carbons (Fsp3) is 0.308. The summed E-state index contributed by atoms with van der Waals surface area (Å²) in [4.78, 5) is 0. The van der Waals surface area contributed by atoms with Crippen molar-refractivity contribution < 1.29 is 22.3 Å². The van der Waals surface area contributed by atoms with Crippen molar-refractivity contribution in [2.45, 2.75) is 38.3 Å². The average Bonchev–Trinajstić information content (AvgIpc) is 2.80. The van der Waals surface area contributed by atoms with Crippen LogP contribution in [0.2, 0.25) is 0 Å². The van der Waals surface area contributed by atoms with E-state index in [2.05, 4.69) is 6.92 Å². The van der Waals surface area contributed by atoms with Crippen LogP contribution in [0.25, 0.3) is 22.3 Å². The summed E-state index contributed by atoms with van der Waals surface area (Å²) >= 11 is 0. The number of ether oxygens (including phenoxy) is 1. The van der Waals surface area contributed by atoms with Gasteiger partial charge in [-0.1, -0.05) is 37.3 Å². The maximum Gasteiger partial charge on any atom is 0.159 e. The zero-order chi connectivity index (χ0) is 22.8. The van der Waals surface area contributed by atoms with Crippen molar-refractivity contribution in [3.63, 3.8) is 0 Å². The van der Waals surface area contributed by atoms with E-state index in [4.69, 9.17) is 10.5 Å². The highest BCUT2D eigenvalue weighted by Crippen LogP contribution is 2.35. The molecule has 1 saturated heterocycles. The summed E-state index contributed by atoms with van der Waals surface area (Å²) in [5, 5.41) is 0. The van der Waals surface area contributed by atoms with Crippen LogP contribution < -0.4 is 5.73 Å². The minimum atomic E-state index is -1.16. The Balaban J connectivity index is 1.53. The van der Waals surface area contributed by atoms with Gasteiger partial charge in [0.15, 0.2) is 11.6 Å². The smallest absolute Gasteiger partial charge is 0.159 e.